The highest BCUT2D eigenvalue weighted by Crippen LogP contribution is 2.33. The van der Waals surface area contributed by atoms with Gasteiger partial charge in [0.15, 0.2) is 11.6 Å². The highest BCUT2D eigenvalue weighted by molar-refractivity contribution is 6.09. The second-order valence-electron chi connectivity index (χ2n) is 10.5. The third-order valence-electron chi connectivity index (χ3n) is 7.89. The van der Waals surface area contributed by atoms with Crippen LogP contribution in [0.4, 0.5) is 0 Å². The monoisotopic (exact) mass is 538 g/mol. The average molecular weight is 539 g/mol. The number of nitrogens with one attached hydrogen (secondary N) is 1. The van der Waals surface area contributed by atoms with Gasteiger partial charge in [-0.05, 0) is 52.6 Å². The Hall–Kier alpha value is -5.74. The first-order valence-electron chi connectivity index (χ1n) is 14.1. The van der Waals surface area contributed by atoms with Crippen molar-refractivity contribution < 1.29 is 0 Å². The molecule has 0 amide bonds. The number of hydrogen-bond acceptors (Lipinski definition) is 2. The minimum absolute atomic E-state index is 0.678. The van der Waals surface area contributed by atoms with Gasteiger partial charge >= 0.3 is 0 Å². The summed E-state index contributed by atoms with van der Waals surface area (Å²) in [4.78, 5) is 4.88. The fourth-order valence-electron chi connectivity index (χ4n) is 5.83. The molecule has 0 bridgehead atoms. The van der Waals surface area contributed by atoms with Crippen LogP contribution in [0.1, 0.15) is 0 Å². The van der Waals surface area contributed by atoms with E-state index >= 15 is 0 Å². The number of nitrogens with zero attached hydrogens (tertiary/aromatic N) is 3. The van der Waals surface area contributed by atoms with E-state index in [0.29, 0.717) is 5.82 Å². The molecule has 6 aromatic carbocycles. The van der Waals surface area contributed by atoms with Gasteiger partial charge in [-0.25, -0.2) is 4.98 Å². The molecule has 0 aliphatic heterocycles. The molecule has 1 N–H and O–H groups in total. The van der Waals surface area contributed by atoms with Crippen molar-refractivity contribution in [1.82, 2.24) is 19.7 Å². The molecule has 0 unspecified atom stereocenters. The van der Waals surface area contributed by atoms with E-state index in [1.807, 2.05) is 6.07 Å². The van der Waals surface area contributed by atoms with Crippen molar-refractivity contribution >= 4 is 21.8 Å². The molecule has 42 heavy (non-hydrogen) atoms. The molecule has 0 saturated heterocycles. The van der Waals surface area contributed by atoms with Crippen LogP contribution in [0.3, 0.4) is 0 Å². The number of benzene rings is 6. The number of H-pyrrole nitrogens is 1. The summed E-state index contributed by atoms with van der Waals surface area (Å²) in [6, 6.07) is 53.1. The molecule has 8 rings (SSSR count). The predicted octanol–water partition coefficient (Wildman–Crippen LogP) is 9.57. The smallest absolute Gasteiger partial charge is 0.181 e. The lowest BCUT2D eigenvalue weighted by Gasteiger charge is -2.09. The minimum atomic E-state index is 0.678. The SMILES string of the molecule is c1ccc(-c2cccc(-c3ccc(-c4n[nH]c(-c5cccc(-n6c7ccccc7c7ccccc76)c5)n4)cc3)c2)cc1. The first-order chi connectivity index (χ1) is 20.8. The molecular formula is C38H26N4. The van der Waals surface area contributed by atoms with E-state index in [0.717, 1.165) is 28.2 Å². The Morgan fingerprint density at radius 3 is 1.69 bits per heavy atom. The van der Waals surface area contributed by atoms with E-state index in [9.17, 15) is 0 Å². The molecule has 2 heterocycles. The zero-order valence-electron chi connectivity index (χ0n) is 22.8. The lowest BCUT2D eigenvalue weighted by atomic mass is 9.98. The van der Waals surface area contributed by atoms with Crippen LogP contribution in [0.25, 0.3) is 72.5 Å². The van der Waals surface area contributed by atoms with Crippen LogP contribution in [0, 0.1) is 0 Å². The third kappa shape index (κ3) is 4.18. The van der Waals surface area contributed by atoms with Crippen LogP contribution < -0.4 is 0 Å². The molecular weight excluding hydrogens is 512 g/mol. The van der Waals surface area contributed by atoms with Crippen LogP contribution in [-0.4, -0.2) is 19.7 Å². The summed E-state index contributed by atoms with van der Waals surface area (Å²) in [6.07, 6.45) is 0. The van der Waals surface area contributed by atoms with E-state index in [2.05, 4.69) is 160 Å². The van der Waals surface area contributed by atoms with Crippen LogP contribution in [0.5, 0.6) is 0 Å². The van der Waals surface area contributed by atoms with Crippen molar-refractivity contribution in [2.75, 3.05) is 0 Å². The van der Waals surface area contributed by atoms with E-state index in [1.54, 1.807) is 0 Å². The maximum Gasteiger partial charge on any atom is 0.181 e. The third-order valence-corrected chi connectivity index (χ3v) is 7.89. The summed E-state index contributed by atoms with van der Waals surface area (Å²) in [6.45, 7) is 0. The molecule has 198 valence electrons. The molecule has 0 aliphatic carbocycles. The van der Waals surface area contributed by atoms with Gasteiger partial charge in [-0.3, -0.25) is 5.10 Å². The maximum absolute atomic E-state index is 4.88. The molecule has 0 atom stereocenters. The van der Waals surface area contributed by atoms with Crippen LogP contribution in [0.2, 0.25) is 0 Å². The standard InChI is InChI=1S/C38H26N4/c1-2-10-26(11-3-1)29-12-8-13-30(24-29)27-20-22-28(23-21-27)37-39-38(41-40-37)31-14-9-15-32(25-31)42-35-18-6-4-16-33(35)34-17-5-7-19-36(34)42/h1-25H,(H,39,40,41). The van der Waals surface area contributed by atoms with Gasteiger partial charge in [0, 0.05) is 27.6 Å². The highest BCUT2D eigenvalue weighted by atomic mass is 15.2. The first kappa shape index (κ1) is 24.1. The Labute approximate surface area is 243 Å². The van der Waals surface area contributed by atoms with Crippen molar-refractivity contribution in [3.8, 4) is 50.7 Å². The van der Waals surface area contributed by atoms with Crippen LogP contribution in [0.15, 0.2) is 152 Å². The molecule has 0 saturated carbocycles. The molecule has 0 radical (unpaired) electrons. The maximum atomic E-state index is 4.88. The Bertz CT molecular complexity index is 2130. The summed E-state index contributed by atoms with van der Waals surface area (Å²) in [7, 11) is 0. The Balaban J connectivity index is 1.10. The summed E-state index contributed by atoms with van der Waals surface area (Å²) in [5, 5.41) is 10.2. The Morgan fingerprint density at radius 2 is 0.976 bits per heavy atom. The number of rotatable bonds is 5. The zero-order chi connectivity index (χ0) is 27.9. The topological polar surface area (TPSA) is 46.5 Å². The zero-order valence-corrected chi connectivity index (χ0v) is 22.8. The van der Waals surface area contributed by atoms with Crippen molar-refractivity contribution in [3.05, 3.63) is 152 Å². The summed E-state index contributed by atoms with van der Waals surface area (Å²) in [5.74, 6) is 1.42. The number of aromatic amines is 1. The van der Waals surface area contributed by atoms with Gasteiger partial charge in [0.1, 0.15) is 0 Å². The minimum Gasteiger partial charge on any atom is -0.309 e. The molecule has 0 fully saturated rings. The summed E-state index contributed by atoms with van der Waals surface area (Å²) < 4.78 is 2.32. The number of aromatic nitrogens is 4. The van der Waals surface area contributed by atoms with Crippen molar-refractivity contribution in [2.45, 2.75) is 0 Å². The molecule has 4 heteroatoms. The van der Waals surface area contributed by atoms with E-state index in [-0.39, 0.29) is 0 Å². The average Bonchev–Trinajstić information content (AvgIpc) is 3.69. The molecule has 4 nitrogen and oxygen atoms in total. The summed E-state index contributed by atoms with van der Waals surface area (Å²) >= 11 is 0. The van der Waals surface area contributed by atoms with Gasteiger partial charge in [-0.1, -0.05) is 121 Å². The molecule has 0 spiro atoms. The van der Waals surface area contributed by atoms with Gasteiger partial charge in [0.05, 0.1) is 11.0 Å². The number of hydrogen-bond donors (Lipinski definition) is 1. The van der Waals surface area contributed by atoms with Crippen LogP contribution in [-0.2, 0) is 0 Å². The van der Waals surface area contributed by atoms with E-state index in [1.165, 1.54) is 38.5 Å². The second-order valence-corrected chi connectivity index (χ2v) is 10.5. The van der Waals surface area contributed by atoms with Crippen molar-refractivity contribution in [3.63, 3.8) is 0 Å². The predicted molar refractivity (Wildman–Crippen MR) is 172 cm³/mol. The van der Waals surface area contributed by atoms with E-state index in [4.69, 9.17) is 4.98 Å². The highest BCUT2D eigenvalue weighted by Gasteiger charge is 2.14. The second kappa shape index (κ2) is 10.0. The lowest BCUT2D eigenvalue weighted by Crippen LogP contribution is -1.94. The van der Waals surface area contributed by atoms with Crippen molar-refractivity contribution in [1.29, 1.82) is 0 Å². The van der Waals surface area contributed by atoms with Gasteiger partial charge in [-0.2, -0.15) is 5.10 Å². The van der Waals surface area contributed by atoms with Gasteiger partial charge < -0.3 is 4.57 Å². The fourth-order valence-corrected chi connectivity index (χ4v) is 5.83. The van der Waals surface area contributed by atoms with Gasteiger partial charge in [0.25, 0.3) is 0 Å². The van der Waals surface area contributed by atoms with E-state index < -0.39 is 0 Å². The molecule has 0 aliphatic rings. The Kier molecular flexibility index (Phi) is 5.75. The van der Waals surface area contributed by atoms with Gasteiger partial charge in [-0.15, -0.1) is 0 Å². The number of fused-ring (bicyclic) bond motifs is 3. The van der Waals surface area contributed by atoms with Crippen LogP contribution >= 0.6 is 0 Å². The summed E-state index contributed by atoms with van der Waals surface area (Å²) in [5.41, 5.74) is 10.2. The first-order valence-corrected chi connectivity index (χ1v) is 14.1. The Morgan fingerprint density at radius 1 is 0.429 bits per heavy atom. The number of para-hydroxylation sites is 2. The largest absolute Gasteiger partial charge is 0.309 e. The quantitative estimate of drug-likeness (QED) is 0.237. The molecule has 8 aromatic rings. The lowest BCUT2D eigenvalue weighted by molar-refractivity contribution is 1.10. The van der Waals surface area contributed by atoms with Gasteiger partial charge in [0.2, 0.25) is 0 Å². The normalized spacial score (nSPS) is 11.3. The van der Waals surface area contributed by atoms with Crippen molar-refractivity contribution in [2.24, 2.45) is 0 Å². The fraction of sp³-hybridized carbons (Fsp3) is 0. The molecule has 2 aromatic heterocycles.